The van der Waals surface area contributed by atoms with E-state index in [1.54, 1.807) is 0 Å². The van der Waals surface area contributed by atoms with Crippen LogP contribution in [0.5, 0.6) is 0 Å². The van der Waals surface area contributed by atoms with Crippen LogP contribution in [0.15, 0.2) is 23.5 Å². The van der Waals surface area contributed by atoms with Crippen LogP contribution in [0.3, 0.4) is 0 Å². The molecule has 21 aliphatic heterocycles. The van der Waals surface area contributed by atoms with Crippen molar-refractivity contribution in [1.82, 2.24) is 4.98 Å². The molecule has 0 aromatic carbocycles. The zero-order chi connectivity index (χ0) is 62.9. The van der Waals surface area contributed by atoms with E-state index in [4.69, 9.17) is 76.3 Å². The Morgan fingerprint density at radius 1 is 0.333 bits per heavy atom. The van der Waals surface area contributed by atoms with E-state index in [9.17, 15) is 102 Å². The molecule has 1 aromatic heterocycles. The average molecular weight is 1270 g/mol. The predicted octanol–water partition coefficient (Wildman–Crippen LogP) is -13.8. The molecule has 0 aliphatic carbocycles. The van der Waals surface area contributed by atoms with Crippen molar-refractivity contribution in [2.24, 2.45) is 5.16 Å². The summed E-state index contributed by atoms with van der Waals surface area (Å²) in [5.41, 5.74) is 0.503. The molecule has 0 amide bonds. The van der Waals surface area contributed by atoms with Gasteiger partial charge in [0.05, 0.1) is 64.8 Å². The molecule has 1 aromatic rings. The second kappa shape index (κ2) is 29.9. The highest BCUT2D eigenvalue weighted by Crippen LogP contribution is 2.39. The van der Waals surface area contributed by atoms with Gasteiger partial charge in [0, 0.05) is 6.20 Å². The molecular formula is C49H76N2O36. The molecule has 2 unspecified atom stereocenters. The molecule has 38 nitrogen and oxygen atoms in total. The van der Waals surface area contributed by atoms with Crippen molar-refractivity contribution >= 4 is 6.21 Å². The minimum atomic E-state index is -2.23. The van der Waals surface area contributed by atoms with Crippen LogP contribution in [0, 0.1) is 0 Å². The van der Waals surface area contributed by atoms with E-state index in [1.165, 1.54) is 18.3 Å². The Hall–Kier alpha value is -2.78. The fraction of sp³-hybridized carbons (Fsp3) is 0.878. The summed E-state index contributed by atoms with van der Waals surface area (Å²) in [6, 6.07) is 2.89. The van der Waals surface area contributed by atoms with Gasteiger partial charge in [-0.2, -0.15) is 0 Å². The number of aromatic nitrogens is 1. The maximum absolute atomic E-state index is 12.2. The molecule has 22 heterocycles. The lowest BCUT2D eigenvalue weighted by atomic mass is 9.95. The number of pyridine rings is 1. The van der Waals surface area contributed by atoms with E-state index in [0.717, 1.165) is 6.21 Å². The molecule has 0 spiro atoms. The molecule has 21 aliphatic rings. The Labute approximate surface area is 491 Å². The molecular weight excluding hydrogens is 1190 g/mol. The highest BCUT2D eigenvalue weighted by molar-refractivity contribution is 5.76. The van der Waals surface area contributed by atoms with Crippen LogP contribution in [0.25, 0.3) is 0 Å². The number of rotatable bonds is 11. The molecule has 0 saturated carbocycles. The van der Waals surface area contributed by atoms with Gasteiger partial charge in [-0.25, -0.2) is 0 Å². The molecule has 498 valence electrons. The van der Waals surface area contributed by atoms with Gasteiger partial charge < -0.3 is 178 Å². The quantitative estimate of drug-likeness (QED) is 0.0556. The van der Waals surface area contributed by atoms with E-state index in [1.807, 2.05) is 0 Å². The number of nitrogens with zero attached hydrogens (tertiary/aromatic N) is 2. The van der Waals surface area contributed by atoms with Crippen LogP contribution < -0.4 is 0 Å². The van der Waals surface area contributed by atoms with Gasteiger partial charge in [0.15, 0.2) is 44.0 Å². The van der Waals surface area contributed by atoms with Crippen molar-refractivity contribution in [1.29, 1.82) is 0 Å². The number of aliphatic hydroxyl groups is 20. The molecule has 21 fully saturated rings. The van der Waals surface area contributed by atoms with Crippen LogP contribution >= 0.6 is 0 Å². The van der Waals surface area contributed by atoms with Crippen LogP contribution in [0.2, 0.25) is 0 Å². The standard InChI is InChI=1S/C49H76N2O36/c52-5-15-35-22(59)28(65)44(74-15)82-37-17(7-54)76-46(30(67)24(37)61)84-39-19(9-56)78-48(32(69)26(39)63)86-41-21(11-58)80-49(42(34(41)71)73-12-13-1-2-14(4-51-72)50-3-13)87-40-20(10-57)79-47(33(70)27(40)64)85-38-18(8-55)77-45(31(68)25(38)62)83-36-16(6-53)75-43(81-35)29(66)23(36)60/h1-4,15-49,52-72H,5-12H2/b51-4-/t15-,16-,17-,18-,19-,20-,21-,22-,23-,24-,25?,26-,27-,28-,29-,30-,31?,32-,33-,34+,35-,36-,37-,38-,39-,40-,41-,42-,43-,44-,45-,46-,47-,48-,49-/m1/s1. The number of aliphatic hydroxyl groups excluding tert-OH is 20. The Bertz CT molecular complexity index is 2300. The van der Waals surface area contributed by atoms with Crippen molar-refractivity contribution < 1.29 is 178 Å². The van der Waals surface area contributed by atoms with Gasteiger partial charge in [-0.3, -0.25) is 4.98 Å². The minimum absolute atomic E-state index is 0.204. The SMILES string of the molecule is OC[C@H]1O[C@@H]2O[C@H]3[C@H](O)[C@@H](O)[C@@H](O[C@H]4[C@H](O)[C@@H](O)[C@@H](O[C@H]5[C@H](O)[C@@H](O)[C@@H](O[C@H]6[C@H](O)[C@@H](OCc7ccc(/C=N\O)nc7)[C@@H](O[C@H]7[C@H](O)[C@@H](O)[C@H](O[C@@H]7CO)O[C@H]7C(O)C(O)[C@@H](O[C@H]1[C@H](O)[C@H]2O)O[C@@H]7CO)O[C@@H]6CO)O[C@@H]5CO)O[C@@H]4CO)O[C@@H]3CO. The van der Waals surface area contributed by atoms with Crippen LogP contribution in [0.4, 0.5) is 0 Å². The first-order valence-electron chi connectivity index (χ1n) is 27.7. The Balaban J connectivity index is 1.03. The van der Waals surface area contributed by atoms with Crippen molar-refractivity contribution in [3.63, 3.8) is 0 Å². The summed E-state index contributed by atoms with van der Waals surface area (Å²) in [4.78, 5) is 4.10. The molecule has 35 atom stereocenters. The van der Waals surface area contributed by atoms with Gasteiger partial charge in [-0.1, -0.05) is 11.2 Å². The first kappa shape index (κ1) is 68.6. The van der Waals surface area contributed by atoms with E-state index in [2.05, 4.69) is 10.1 Å². The summed E-state index contributed by atoms with van der Waals surface area (Å²) in [6.07, 6.45) is -67.9. The fourth-order valence-corrected chi connectivity index (χ4v) is 11.4. The number of hydrogen-bond acceptors (Lipinski definition) is 38. The molecule has 87 heavy (non-hydrogen) atoms. The molecule has 0 radical (unpaired) electrons. The van der Waals surface area contributed by atoms with E-state index < -0.39 is 268 Å². The highest BCUT2D eigenvalue weighted by atomic mass is 16.8. The maximum Gasteiger partial charge on any atom is 0.187 e. The molecule has 22 rings (SSSR count). The largest absolute Gasteiger partial charge is 0.411 e. The lowest BCUT2D eigenvalue weighted by Gasteiger charge is -2.50. The maximum atomic E-state index is 12.2. The zero-order valence-electron chi connectivity index (χ0n) is 45.6. The van der Waals surface area contributed by atoms with Crippen molar-refractivity contribution in [3.8, 4) is 0 Å². The highest BCUT2D eigenvalue weighted by Gasteiger charge is 2.60. The summed E-state index contributed by atoms with van der Waals surface area (Å²) in [6.45, 7) is -7.85. The summed E-state index contributed by atoms with van der Waals surface area (Å²) in [5.74, 6) is 0. The van der Waals surface area contributed by atoms with Gasteiger partial charge >= 0.3 is 0 Å². The lowest BCUT2D eigenvalue weighted by molar-refractivity contribution is -0.398. The smallest absolute Gasteiger partial charge is 0.187 e. The minimum Gasteiger partial charge on any atom is -0.411 e. The number of oxime groups is 1. The number of hydrogen-bond donors (Lipinski definition) is 21. The normalized spacial score (nSPS) is 50.4. The third kappa shape index (κ3) is 14.1. The summed E-state index contributed by atoms with van der Waals surface area (Å²) >= 11 is 0. The fourth-order valence-electron chi connectivity index (χ4n) is 11.4. The van der Waals surface area contributed by atoms with Crippen molar-refractivity contribution in [3.05, 3.63) is 29.6 Å². The predicted molar refractivity (Wildman–Crippen MR) is 265 cm³/mol. The van der Waals surface area contributed by atoms with Crippen LogP contribution in [-0.4, -0.2) is 380 Å². The first-order valence-corrected chi connectivity index (χ1v) is 27.7. The molecule has 21 saturated heterocycles. The molecule has 21 N–H and O–H groups in total. The summed E-state index contributed by atoms with van der Waals surface area (Å²) in [5, 5.41) is 235. The van der Waals surface area contributed by atoms with Gasteiger partial charge in [0.1, 0.15) is 171 Å². The number of ether oxygens (including phenoxy) is 15. The van der Waals surface area contributed by atoms with Crippen LogP contribution in [0.1, 0.15) is 11.3 Å². The molecule has 38 heteroatoms. The topological polar surface area (TPSA) is 589 Å². The molecule has 14 bridgehead atoms. The third-order valence-electron chi connectivity index (χ3n) is 16.2. The van der Waals surface area contributed by atoms with Crippen molar-refractivity contribution in [2.75, 3.05) is 46.2 Å². The first-order chi connectivity index (χ1) is 41.6. The van der Waals surface area contributed by atoms with Gasteiger partial charge in [0.25, 0.3) is 0 Å². The van der Waals surface area contributed by atoms with Crippen molar-refractivity contribution in [2.45, 2.75) is 222 Å². The second-order valence-corrected chi connectivity index (χ2v) is 21.8. The third-order valence-corrected chi connectivity index (χ3v) is 16.2. The van der Waals surface area contributed by atoms with E-state index in [-0.39, 0.29) is 5.69 Å². The second-order valence-electron chi connectivity index (χ2n) is 21.8. The monoisotopic (exact) mass is 1270 g/mol. The summed E-state index contributed by atoms with van der Waals surface area (Å²) < 4.78 is 87.5. The lowest BCUT2D eigenvalue weighted by Crippen LogP contribution is -2.68. The van der Waals surface area contributed by atoms with Gasteiger partial charge in [-0.15, -0.1) is 0 Å². The Morgan fingerprint density at radius 3 is 0.805 bits per heavy atom. The van der Waals surface area contributed by atoms with Gasteiger partial charge in [-0.05, 0) is 11.6 Å². The van der Waals surface area contributed by atoms with Crippen LogP contribution in [-0.2, 0) is 77.7 Å². The van der Waals surface area contributed by atoms with E-state index in [0.29, 0.717) is 5.56 Å². The average Bonchev–Trinajstić information content (AvgIpc) is 1.49. The Kier molecular flexibility index (Phi) is 23.6. The summed E-state index contributed by atoms with van der Waals surface area (Å²) in [7, 11) is 0. The Morgan fingerprint density at radius 2 is 0.575 bits per heavy atom. The van der Waals surface area contributed by atoms with Gasteiger partial charge in [0.2, 0.25) is 0 Å². The van der Waals surface area contributed by atoms with E-state index >= 15 is 0 Å². The zero-order valence-corrected chi connectivity index (χ0v) is 45.6.